The smallest absolute Gasteiger partial charge is 0.0857 e. The molecule has 0 fully saturated rings. The molecule has 56 valence electrons. The average molecular weight is 362 g/mol. The maximum Gasteiger partial charge on any atom is 0.0857 e. The number of aryl methyl sites for hydroxylation is 1. The molecule has 2 nitrogen and oxygen atoms in total. The molecule has 10 heavy (non-hydrogen) atoms. The largest absolute Gasteiger partial charge is 0.272 e. The lowest BCUT2D eigenvalue weighted by atomic mass is 10.4. The third kappa shape index (κ3) is 1.46. The second kappa shape index (κ2) is 3.38. The summed E-state index contributed by atoms with van der Waals surface area (Å²) >= 11 is 4.67. The third-order valence-electron chi connectivity index (χ3n) is 1.45. The molecule has 0 aliphatic carbocycles. The molecular formula is C6H8I2N2. The highest BCUT2D eigenvalue weighted by Crippen LogP contribution is 2.17. The van der Waals surface area contributed by atoms with E-state index >= 15 is 0 Å². The van der Waals surface area contributed by atoms with Crippen molar-refractivity contribution in [1.29, 1.82) is 0 Å². The van der Waals surface area contributed by atoms with E-state index in [2.05, 4.69) is 57.2 Å². The van der Waals surface area contributed by atoms with Crippen LogP contribution in [0, 0.1) is 10.5 Å². The zero-order chi connectivity index (χ0) is 7.72. The van der Waals surface area contributed by atoms with Crippen molar-refractivity contribution in [3.63, 3.8) is 0 Å². The van der Waals surface area contributed by atoms with Gasteiger partial charge in [-0.15, -0.1) is 0 Å². The number of rotatable bonds is 1. The molecule has 0 aliphatic rings. The molecule has 0 unspecified atom stereocenters. The molecule has 1 aromatic heterocycles. The van der Waals surface area contributed by atoms with Crippen molar-refractivity contribution >= 4 is 45.2 Å². The van der Waals surface area contributed by atoms with Crippen molar-refractivity contribution in [2.45, 2.75) is 11.4 Å². The Labute approximate surface area is 87.7 Å². The van der Waals surface area contributed by atoms with Crippen molar-refractivity contribution in [2.75, 3.05) is 0 Å². The summed E-state index contributed by atoms with van der Waals surface area (Å²) in [5.74, 6) is 0. The quantitative estimate of drug-likeness (QED) is 0.554. The minimum atomic E-state index is 0.998. The lowest BCUT2D eigenvalue weighted by Crippen LogP contribution is -1.92. The molecule has 0 bridgehead atoms. The zero-order valence-electron chi connectivity index (χ0n) is 5.86. The molecular weight excluding hydrogens is 354 g/mol. The normalized spacial score (nSPS) is 10.4. The van der Waals surface area contributed by atoms with E-state index in [4.69, 9.17) is 0 Å². The molecule has 4 heteroatoms. The number of hydrogen-bond acceptors (Lipinski definition) is 1. The van der Waals surface area contributed by atoms with E-state index in [9.17, 15) is 0 Å². The van der Waals surface area contributed by atoms with Crippen LogP contribution in [0.25, 0.3) is 0 Å². The van der Waals surface area contributed by atoms with Crippen molar-refractivity contribution in [1.82, 2.24) is 9.78 Å². The summed E-state index contributed by atoms with van der Waals surface area (Å²) in [4.78, 5) is 0. The van der Waals surface area contributed by atoms with Crippen LogP contribution in [0.1, 0.15) is 11.4 Å². The maximum absolute atomic E-state index is 4.33. The fourth-order valence-electron chi connectivity index (χ4n) is 0.736. The average Bonchev–Trinajstić information content (AvgIpc) is 2.17. The molecule has 0 amide bonds. The fraction of sp³-hybridized carbons (Fsp3) is 0.500. The highest BCUT2D eigenvalue weighted by atomic mass is 127. The topological polar surface area (TPSA) is 17.8 Å². The summed E-state index contributed by atoms with van der Waals surface area (Å²) in [5, 5.41) is 4.33. The molecule has 0 N–H and O–H groups in total. The van der Waals surface area contributed by atoms with Gasteiger partial charge >= 0.3 is 0 Å². The van der Waals surface area contributed by atoms with Crippen LogP contribution in [0.2, 0.25) is 0 Å². The first-order chi connectivity index (χ1) is 4.66. The van der Waals surface area contributed by atoms with Crippen molar-refractivity contribution in [2.24, 2.45) is 7.05 Å². The predicted molar refractivity (Wildman–Crippen MR) is 58.4 cm³/mol. The Morgan fingerprint density at radius 2 is 2.20 bits per heavy atom. The third-order valence-corrected chi connectivity index (χ3v) is 3.58. The van der Waals surface area contributed by atoms with Crippen LogP contribution in [0.4, 0.5) is 0 Å². The molecule has 0 aromatic carbocycles. The Morgan fingerprint density at radius 1 is 1.60 bits per heavy atom. The van der Waals surface area contributed by atoms with Gasteiger partial charge in [-0.25, -0.2) is 0 Å². The van der Waals surface area contributed by atoms with Gasteiger partial charge in [0, 0.05) is 17.2 Å². The van der Waals surface area contributed by atoms with Gasteiger partial charge in [0.25, 0.3) is 0 Å². The summed E-state index contributed by atoms with van der Waals surface area (Å²) in [6.45, 7) is 2.09. The van der Waals surface area contributed by atoms with E-state index in [0.717, 1.165) is 4.43 Å². The number of nitrogens with zero attached hydrogens (tertiary/aromatic N) is 2. The SMILES string of the molecule is Cc1c(I)c(CI)nn1C. The molecule has 0 radical (unpaired) electrons. The van der Waals surface area contributed by atoms with Gasteiger partial charge in [-0.05, 0) is 29.5 Å². The summed E-state index contributed by atoms with van der Waals surface area (Å²) < 4.78 is 4.22. The minimum absolute atomic E-state index is 0.998. The van der Waals surface area contributed by atoms with Crippen LogP contribution in [-0.4, -0.2) is 9.78 Å². The number of halogens is 2. The Kier molecular flexibility index (Phi) is 2.96. The molecule has 0 saturated carbocycles. The fourth-order valence-corrected chi connectivity index (χ4v) is 2.65. The van der Waals surface area contributed by atoms with Crippen molar-refractivity contribution < 1.29 is 0 Å². The lowest BCUT2D eigenvalue weighted by Gasteiger charge is -1.89. The van der Waals surface area contributed by atoms with Gasteiger partial charge in [-0.1, -0.05) is 22.6 Å². The molecule has 0 atom stereocenters. The van der Waals surface area contributed by atoms with Crippen LogP contribution in [0.5, 0.6) is 0 Å². The first-order valence-corrected chi connectivity index (χ1v) is 5.51. The summed E-state index contributed by atoms with van der Waals surface area (Å²) in [6, 6.07) is 0. The van der Waals surface area contributed by atoms with Crippen LogP contribution in [0.3, 0.4) is 0 Å². The Bertz CT molecular complexity index is 242. The maximum atomic E-state index is 4.33. The van der Waals surface area contributed by atoms with E-state index in [0.29, 0.717) is 0 Å². The van der Waals surface area contributed by atoms with Gasteiger partial charge in [0.05, 0.1) is 9.26 Å². The van der Waals surface area contributed by atoms with E-state index in [1.165, 1.54) is 15.0 Å². The standard InChI is InChI=1S/C6H8I2N2/c1-4-6(8)5(3-7)9-10(4)2/h3H2,1-2H3. The molecule has 1 rings (SSSR count). The summed E-state index contributed by atoms with van der Waals surface area (Å²) in [7, 11) is 1.98. The lowest BCUT2D eigenvalue weighted by molar-refractivity contribution is 0.730. The van der Waals surface area contributed by atoms with Gasteiger partial charge in [-0.2, -0.15) is 5.10 Å². The zero-order valence-corrected chi connectivity index (χ0v) is 10.2. The summed E-state index contributed by atoms with van der Waals surface area (Å²) in [5.41, 5.74) is 2.45. The highest BCUT2D eigenvalue weighted by molar-refractivity contribution is 14.1. The van der Waals surface area contributed by atoms with Gasteiger partial charge in [-0.3, -0.25) is 4.68 Å². The molecule has 1 aromatic rings. The molecule has 1 heterocycles. The number of hydrogen-bond donors (Lipinski definition) is 0. The Morgan fingerprint density at radius 3 is 2.40 bits per heavy atom. The first-order valence-electron chi connectivity index (χ1n) is 2.90. The van der Waals surface area contributed by atoms with E-state index < -0.39 is 0 Å². The molecule has 0 saturated heterocycles. The van der Waals surface area contributed by atoms with Crippen LogP contribution >= 0.6 is 45.2 Å². The number of alkyl halides is 1. The molecule has 0 aliphatic heterocycles. The Hall–Kier alpha value is 0.670. The highest BCUT2D eigenvalue weighted by Gasteiger charge is 2.07. The number of aromatic nitrogens is 2. The minimum Gasteiger partial charge on any atom is -0.272 e. The van der Waals surface area contributed by atoms with Gasteiger partial charge < -0.3 is 0 Å². The second-order valence-corrected chi connectivity index (χ2v) is 3.94. The van der Waals surface area contributed by atoms with Gasteiger partial charge in [0.1, 0.15) is 0 Å². The Balaban J connectivity index is 3.17. The van der Waals surface area contributed by atoms with E-state index in [1.54, 1.807) is 0 Å². The van der Waals surface area contributed by atoms with E-state index in [-0.39, 0.29) is 0 Å². The van der Waals surface area contributed by atoms with Crippen LogP contribution < -0.4 is 0 Å². The van der Waals surface area contributed by atoms with Crippen LogP contribution in [-0.2, 0) is 11.5 Å². The second-order valence-electron chi connectivity index (χ2n) is 2.10. The van der Waals surface area contributed by atoms with E-state index in [1.807, 2.05) is 11.7 Å². The molecule has 0 spiro atoms. The van der Waals surface area contributed by atoms with Gasteiger partial charge in [0.2, 0.25) is 0 Å². The first kappa shape index (κ1) is 8.76. The summed E-state index contributed by atoms with van der Waals surface area (Å²) in [6.07, 6.45) is 0. The van der Waals surface area contributed by atoms with Gasteiger partial charge in [0.15, 0.2) is 0 Å². The predicted octanol–water partition coefficient (Wildman–Crippen LogP) is 2.27. The monoisotopic (exact) mass is 362 g/mol. The van der Waals surface area contributed by atoms with Crippen molar-refractivity contribution in [3.05, 3.63) is 15.0 Å². The van der Waals surface area contributed by atoms with Crippen LogP contribution in [0.15, 0.2) is 0 Å². The van der Waals surface area contributed by atoms with Crippen molar-refractivity contribution in [3.8, 4) is 0 Å².